The van der Waals surface area contributed by atoms with Gasteiger partial charge in [-0.1, -0.05) is 39.0 Å². The quantitative estimate of drug-likeness (QED) is 0.580. The molecule has 0 aromatic rings. The number of hydrogen-bond acceptors (Lipinski definition) is 3. The maximum atomic E-state index is 11.4. The largest absolute Gasteiger partial charge is 0.395 e. The molecule has 0 bridgehead atoms. The van der Waals surface area contributed by atoms with E-state index in [1.54, 1.807) is 0 Å². The fraction of sp³-hybridized carbons (Fsp3) is 1.00. The Balaban J connectivity index is 3.51. The number of hydrogen-bond donors (Lipinski definition) is 2. The summed E-state index contributed by atoms with van der Waals surface area (Å²) in [5.74, 6) is 0. The van der Waals surface area contributed by atoms with Crippen LogP contribution >= 0.6 is 0 Å². The first-order valence-corrected chi connectivity index (χ1v) is 7.68. The van der Waals surface area contributed by atoms with E-state index in [-0.39, 0.29) is 6.61 Å². The predicted molar refractivity (Wildman–Crippen MR) is 66.8 cm³/mol. The van der Waals surface area contributed by atoms with Crippen LogP contribution in [0, 0.1) is 0 Å². The Hall–Kier alpha value is -0.130. The molecule has 0 aliphatic carbocycles. The van der Waals surface area contributed by atoms with E-state index in [1.165, 1.54) is 32.6 Å². The normalized spacial score (nSPS) is 13.9. The predicted octanol–water partition coefficient (Wildman–Crippen LogP) is 1.65. The van der Waals surface area contributed by atoms with Crippen LogP contribution in [0.4, 0.5) is 0 Å². The molecule has 98 valence electrons. The summed E-state index contributed by atoms with van der Waals surface area (Å²) < 4.78 is 25.4. The first-order chi connectivity index (χ1) is 7.54. The van der Waals surface area contributed by atoms with Gasteiger partial charge in [0, 0.05) is 6.54 Å². The minimum atomic E-state index is -3.31. The summed E-state index contributed by atoms with van der Waals surface area (Å²) in [6.07, 6.45) is 6.83. The van der Waals surface area contributed by atoms with E-state index in [1.807, 2.05) is 0 Å². The minimum absolute atomic E-state index is 0.328. The Morgan fingerprint density at radius 1 is 1.12 bits per heavy atom. The molecule has 0 rings (SSSR count). The highest BCUT2D eigenvalue weighted by atomic mass is 32.2. The number of aliphatic hydroxyl groups is 1. The fourth-order valence-corrected chi connectivity index (χ4v) is 2.27. The molecule has 0 aromatic heterocycles. The lowest BCUT2D eigenvalue weighted by molar-refractivity contribution is 0.294. The number of sulfonamides is 1. The molecule has 0 spiro atoms. The van der Waals surface area contributed by atoms with Crippen LogP contribution in [0.3, 0.4) is 0 Å². The zero-order valence-corrected chi connectivity index (χ0v) is 11.2. The molecule has 16 heavy (non-hydrogen) atoms. The Kier molecular flexibility index (Phi) is 8.89. The maximum absolute atomic E-state index is 11.4. The van der Waals surface area contributed by atoms with Crippen molar-refractivity contribution in [3.05, 3.63) is 0 Å². The van der Waals surface area contributed by atoms with Gasteiger partial charge in [0.15, 0.2) is 0 Å². The van der Waals surface area contributed by atoms with Crippen molar-refractivity contribution in [2.75, 3.05) is 13.2 Å². The zero-order chi connectivity index (χ0) is 12.4. The second kappa shape index (κ2) is 8.96. The van der Waals surface area contributed by atoms with E-state index in [0.29, 0.717) is 6.54 Å². The number of nitrogens with one attached hydrogen (secondary N) is 1. The van der Waals surface area contributed by atoms with Crippen molar-refractivity contribution in [3.8, 4) is 0 Å². The summed E-state index contributed by atoms with van der Waals surface area (Å²) in [6, 6.07) is 0. The third-order valence-electron chi connectivity index (χ3n) is 2.62. The lowest BCUT2D eigenvalue weighted by Gasteiger charge is -2.10. The molecule has 0 aliphatic heterocycles. The minimum Gasteiger partial charge on any atom is -0.395 e. The summed E-state index contributed by atoms with van der Waals surface area (Å²) in [7, 11) is -3.31. The van der Waals surface area contributed by atoms with Crippen LogP contribution in [0.2, 0.25) is 0 Å². The van der Waals surface area contributed by atoms with E-state index in [2.05, 4.69) is 11.6 Å². The molecule has 1 atom stereocenters. The van der Waals surface area contributed by atoms with Gasteiger partial charge in [-0.25, -0.2) is 13.1 Å². The van der Waals surface area contributed by atoms with Gasteiger partial charge in [0.1, 0.15) is 0 Å². The maximum Gasteiger partial charge on any atom is 0.216 e. The van der Waals surface area contributed by atoms with Crippen LogP contribution in [0.5, 0.6) is 0 Å². The van der Waals surface area contributed by atoms with Gasteiger partial charge in [0.25, 0.3) is 0 Å². The summed E-state index contributed by atoms with van der Waals surface area (Å²) >= 11 is 0. The van der Waals surface area contributed by atoms with Crippen molar-refractivity contribution < 1.29 is 13.5 Å². The Bertz CT molecular complexity index is 252. The molecule has 2 N–H and O–H groups in total. The molecule has 4 nitrogen and oxygen atoms in total. The van der Waals surface area contributed by atoms with Gasteiger partial charge in [0.2, 0.25) is 10.0 Å². The van der Waals surface area contributed by atoms with Gasteiger partial charge < -0.3 is 5.11 Å². The molecule has 0 aromatic carbocycles. The third kappa shape index (κ3) is 7.19. The Labute approximate surface area is 99.5 Å². The second-order valence-electron chi connectivity index (χ2n) is 4.20. The fourth-order valence-electron chi connectivity index (χ4n) is 1.36. The molecule has 0 amide bonds. The Morgan fingerprint density at radius 3 is 2.25 bits per heavy atom. The summed E-state index contributed by atoms with van der Waals surface area (Å²) in [6.45, 7) is 3.83. The highest BCUT2D eigenvalue weighted by Gasteiger charge is 2.18. The number of rotatable bonds is 10. The van der Waals surface area contributed by atoms with Gasteiger partial charge in [-0.05, 0) is 13.3 Å². The third-order valence-corrected chi connectivity index (χ3v) is 4.44. The van der Waals surface area contributed by atoms with Crippen molar-refractivity contribution in [1.29, 1.82) is 0 Å². The van der Waals surface area contributed by atoms with Gasteiger partial charge in [0.05, 0.1) is 11.9 Å². The van der Waals surface area contributed by atoms with Crippen molar-refractivity contribution >= 4 is 10.0 Å². The zero-order valence-electron chi connectivity index (χ0n) is 10.4. The van der Waals surface area contributed by atoms with Crippen molar-refractivity contribution in [1.82, 2.24) is 4.72 Å². The van der Waals surface area contributed by atoms with Gasteiger partial charge in [-0.2, -0.15) is 0 Å². The lowest BCUT2D eigenvalue weighted by Crippen LogP contribution is -2.35. The molecule has 0 fully saturated rings. The molecule has 0 saturated heterocycles. The molecule has 0 radical (unpaired) electrons. The number of unbranched alkanes of at least 4 members (excludes halogenated alkanes) is 5. The van der Waals surface area contributed by atoms with Crippen LogP contribution in [0.25, 0.3) is 0 Å². The smallest absolute Gasteiger partial charge is 0.216 e. The van der Waals surface area contributed by atoms with Gasteiger partial charge >= 0.3 is 0 Å². The summed E-state index contributed by atoms with van der Waals surface area (Å²) in [4.78, 5) is 0. The second-order valence-corrected chi connectivity index (χ2v) is 6.38. The first-order valence-electron chi connectivity index (χ1n) is 6.14. The molecule has 0 aliphatic rings. The SMILES string of the molecule is CCCCCCCCNS(=O)(=O)C(C)CO. The Morgan fingerprint density at radius 2 is 1.69 bits per heavy atom. The van der Waals surface area contributed by atoms with E-state index < -0.39 is 15.3 Å². The van der Waals surface area contributed by atoms with E-state index in [4.69, 9.17) is 5.11 Å². The van der Waals surface area contributed by atoms with Crippen LogP contribution in [0.1, 0.15) is 52.4 Å². The standard InChI is InChI=1S/C11H25NO3S/c1-3-4-5-6-7-8-9-12-16(14,15)11(2)10-13/h11-13H,3-10H2,1-2H3. The topological polar surface area (TPSA) is 66.4 Å². The van der Waals surface area contributed by atoms with Crippen LogP contribution in [0.15, 0.2) is 0 Å². The van der Waals surface area contributed by atoms with E-state index in [0.717, 1.165) is 12.8 Å². The average Bonchev–Trinajstić information content (AvgIpc) is 2.26. The summed E-state index contributed by atoms with van der Waals surface area (Å²) in [5, 5.41) is 8.04. The van der Waals surface area contributed by atoms with Crippen molar-refractivity contribution in [3.63, 3.8) is 0 Å². The van der Waals surface area contributed by atoms with Crippen molar-refractivity contribution in [2.24, 2.45) is 0 Å². The first kappa shape index (κ1) is 15.9. The molecular weight excluding hydrogens is 226 g/mol. The monoisotopic (exact) mass is 251 g/mol. The molecule has 0 saturated carbocycles. The molecule has 5 heteroatoms. The molecule has 1 unspecified atom stereocenters. The van der Waals surface area contributed by atoms with Gasteiger partial charge in [-0.15, -0.1) is 0 Å². The van der Waals surface area contributed by atoms with Crippen molar-refractivity contribution in [2.45, 2.75) is 57.6 Å². The van der Waals surface area contributed by atoms with Gasteiger partial charge in [-0.3, -0.25) is 0 Å². The van der Waals surface area contributed by atoms with E-state index in [9.17, 15) is 8.42 Å². The summed E-state index contributed by atoms with van der Waals surface area (Å²) in [5.41, 5.74) is 0. The van der Waals surface area contributed by atoms with Crippen LogP contribution in [-0.4, -0.2) is 31.9 Å². The molecule has 0 heterocycles. The molecular formula is C11H25NO3S. The van der Waals surface area contributed by atoms with Crippen LogP contribution < -0.4 is 4.72 Å². The average molecular weight is 251 g/mol. The lowest BCUT2D eigenvalue weighted by atomic mass is 10.1. The van der Waals surface area contributed by atoms with E-state index >= 15 is 0 Å². The van der Waals surface area contributed by atoms with Crippen LogP contribution in [-0.2, 0) is 10.0 Å². The highest BCUT2D eigenvalue weighted by Crippen LogP contribution is 2.05. The highest BCUT2D eigenvalue weighted by molar-refractivity contribution is 7.90. The number of aliphatic hydroxyl groups excluding tert-OH is 1.